The molecule has 0 radical (unpaired) electrons. The van der Waals surface area contributed by atoms with Crippen molar-refractivity contribution in [3.63, 3.8) is 0 Å². The molecular weight excluding hydrogens is 552 g/mol. The van der Waals surface area contributed by atoms with Crippen LogP contribution >= 0.6 is 0 Å². The maximum atomic E-state index is 13.0. The minimum atomic E-state index is -4.40. The highest BCUT2D eigenvalue weighted by Gasteiger charge is 2.23. The van der Waals surface area contributed by atoms with E-state index in [4.69, 9.17) is 17.8 Å². The Hall–Kier alpha value is -4.80. The Bertz CT molecular complexity index is 1690. The Morgan fingerprint density at radius 3 is 1.12 bits per heavy atom. The van der Waals surface area contributed by atoms with Crippen LogP contribution in [0.5, 0.6) is 34.5 Å². The number of hydrogen-bond acceptors (Lipinski definition) is 8. The highest BCUT2D eigenvalue weighted by atomic mass is 32.2. The zero-order valence-electron chi connectivity index (χ0n) is 20.8. The Balaban J connectivity index is 1.32. The van der Waals surface area contributed by atoms with Crippen molar-refractivity contribution in [3.05, 3.63) is 133 Å². The van der Waals surface area contributed by atoms with Crippen LogP contribution < -0.4 is 17.8 Å². The summed E-state index contributed by atoms with van der Waals surface area (Å²) in [6.45, 7) is 0. The third-order valence-corrected chi connectivity index (χ3v) is 7.85. The van der Waals surface area contributed by atoms with Gasteiger partial charge in [0.2, 0.25) is 0 Å². The predicted molar refractivity (Wildman–Crippen MR) is 148 cm³/mol. The molecule has 0 heterocycles. The van der Waals surface area contributed by atoms with E-state index in [2.05, 4.69) is 0 Å². The van der Waals surface area contributed by atoms with E-state index in [9.17, 15) is 16.8 Å². The van der Waals surface area contributed by atoms with Gasteiger partial charge in [-0.05, 0) is 66.7 Å². The monoisotopic (exact) mass is 574 g/mol. The van der Waals surface area contributed by atoms with E-state index in [0.717, 1.165) is 6.07 Å². The van der Waals surface area contributed by atoms with E-state index in [1.165, 1.54) is 42.5 Å². The zero-order chi connectivity index (χ0) is 28.0. The number of hydrogen-bond donors (Lipinski definition) is 0. The van der Waals surface area contributed by atoms with E-state index in [1.54, 1.807) is 72.8 Å². The lowest BCUT2D eigenvalue weighted by Crippen LogP contribution is -2.13. The van der Waals surface area contributed by atoms with Crippen molar-refractivity contribution in [2.24, 2.45) is 0 Å². The maximum Gasteiger partial charge on any atom is 0.339 e. The average molecular weight is 575 g/mol. The summed E-state index contributed by atoms with van der Waals surface area (Å²) >= 11 is 0. The van der Waals surface area contributed by atoms with Gasteiger partial charge >= 0.3 is 20.2 Å². The van der Waals surface area contributed by atoms with E-state index in [-0.39, 0.29) is 21.3 Å². The number of ether oxygens (including phenoxy) is 2. The van der Waals surface area contributed by atoms with Crippen molar-refractivity contribution in [2.45, 2.75) is 9.79 Å². The van der Waals surface area contributed by atoms with Gasteiger partial charge in [-0.3, -0.25) is 0 Å². The second kappa shape index (κ2) is 11.5. The number of benzene rings is 5. The zero-order valence-corrected chi connectivity index (χ0v) is 22.4. The molecule has 8 nitrogen and oxygen atoms in total. The largest absolute Gasteiger partial charge is 0.457 e. The quantitative estimate of drug-likeness (QED) is 0.168. The summed E-state index contributed by atoms with van der Waals surface area (Å²) in [5, 5.41) is 0. The lowest BCUT2D eigenvalue weighted by molar-refractivity contribution is 0.468. The van der Waals surface area contributed by atoms with Crippen LogP contribution in [0.25, 0.3) is 0 Å². The van der Waals surface area contributed by atoms with Gasteiger partial charge in [-0.2, -0.15) is 16.8 Å². The Morgan fingerprint density at radius 2 is 0.700 bits per heavy atom. The normalized spacial score (nSPS) is 11.4. The summed E-state index contributed by atoms with van der Waals surface area (Å²) in [6.07, 6.45) is 0. The molecule has 5 aromatic carbocycles. The van der Waals surface area contributed by atoms with Crippen LogP contribution in [0.4, 0.5) is 0 Å². The Morgan fingerprint density at radius 1 is 0.350 bits per heavy atom. The summed E-state index contributed by atoms with van der Waals surface area (Å²) < 4.78 is 74.0. The first-order valence-electron chi connectivity index (χ1n) is 11.9. The molecule has 0 aromatic heterocycles. The van der Waals surface area contributed by atoms with Gasteiger partial charge in [-0.25, -0.2) is 0 Å². The highest BCUT2D eigenvalue weighted by Crippen LogP contribution is 2.29. The molecule has 0 unspecified atom stereocenters. The van der Waals surface area contributed by atoms with Gasteiger partial charge in [-0.15, -0.1) is 0 Å². The van der Waals surface area contributed by atoms with Crippen molar-refractivity contribution >= 4 is 20.2 Å². The SMILES string of the molecule is O=S(=O)(Oc1cccc(Oc2ccccc2)c1)c1cccc(S(=O)(=O)Oc2cccc(Oc3ccccc3)c2)c1. The third kappa shape index (κ3) is 6.79. The number of para-hydroxylation sites is 2. The van der Waals surface area contributed by atoms with Gasteiger partial charge in [0.1, 0.15) is 44.3 Å². The van der Waals surface area contributed by atoms with Gasteiger partial charge in [0, 0.05) is 12.1 Å². The first kappa shape index (κ1) is 26.8. The Labute approximate surface area is 232 Å². The van der Waals surface area contributed by atoms with Crippen LogP contribution in [0.3, 0.4) is 0 Å². The number of rotatable bonds is 10. The molecule has 0 fully saturated rings. The van der Waals surface area contributed by atoms with Gasteiger partial charge < -0.3 is 17.8 Å². The van der Waals surface area contributed by atoms with Crippen molar-refractivity contribution < 1.29 is 34.7 Å². The first-order chi connectivity index (χ1) is 19.3. The molecule has 0 aliphatic carbocycles. The molecule has 0 bridgehead atoms. The van der Waals surface area contributed by atoms with E-state index in [1.807, 2.05) is 12.1 Å². The third-order valence-electron chi connectivity index (χ3n) is 5.36. The van der Waals surface area contributed by atoms with E-state index < -0.39 is 20.2 Å². The molecule has 0 saturated heterocycles. The van der Waals surface area contributed by atoms with Crippen molar-refractivity contribution in [1.29, 1.82) is 0 Å². The van der Waals surface area contributed by atoms with Crippen molar-refractivity contribution in [1.82, 2.24) is 0 Å². The molecule has 0 N–H and O–H groups in total. The molecule has 10 heteroatoms. The van der Waals surface area contributed by atoms with Crippen LogP contribution in [-0.2, 0) is 20.2 Å². The van der Waals surface area contributed by atoms with Crippen LogP contribution in [-0.4, -0.2) is 16.8 Å². The summed E-state index contributed by atoms with van der Waals surface area (Å²) in [6, 6.07) is 34.8. The van der Waals surface area contributed by atoms with Gasteiger partial charge in [0.05, 0.1) is 0 Å². The van der Waals surface area contributed by atoms with E-state index >= 15 is 0 Å². The second-order valence-corrected chi connectivity index (χ2v) is 11.4. The fourth-order valence-corrected chi connectivity index (χ4v) is 5.58. The molecular formula is C30H22O8S2. The maximum absolute atomic E-state index is 13.0. The Kier molecular flexibility index (Phi) is 7.72. The average Bonchev–Trinajstić information content (AvgIpc) is 2.94. The summed E-state index contributed by atoms with van der Waals surface area (Å²) in [7, 11) is -8.79. The molecule has 0 saturated carbocycles. The van der Waals surface area contributed by atoms with E-state index in [0.29, 0.717) is 23.0 Å². The molecule has 5 aromatic rings. The fourth-order valence-electron chi connectivity index (χ4n) is 3.56. The minimum absolute atomic E-state index is 0.00632. The molecule has 0 amide bonds. The fraction of sp³-hybridized carbons (Fsp3) is 0. The molecule has 0 spiro atoms. The molecule has 0 atom stereocenters. The standard InChI is InChI=1S/C30H22O8S2/c31-39(32,37-27-16-7-14-25(20-27)35-23-10-3-1-4-11-23)29-18-9-19-30(22-29)40(33,34)38-28-17-8-15-26(21-28)36-24-12-5-2-6-13-24/h1-22H. The molecule has 40 heavy (non-hydrogen) atoms. The van der Waals surface area contributed by atoms with Crippen LogP contribution in [0, 0.1) is 0 Å². The predicted octanol–water partition coefficient (Wildman–Crippen LogP) is 6.81. The van der Waals surface area contributed by atoms with Crippen LogP contribution in [0.1, 0.15) is 0 Å². The highest BCUT2D eigenvalue weighted by molar-refractivity contribution is 7.88. The summed E-state index contributed by atoms with van der Waals surface area (Å²) in [5.74, 6) is 1.85. The van der Waals surface area contributed by atoms with Crippen LogP contribution in [0.15, 0.2) is 143 Å². The van der Waals surface area contributed by atoms with Crippen LogP contribution in [0.2, 0.25) is 0 Å². The van der Waals surface area contributed by atoms with Gasteiger partial charge in [0.15, 0.2) is 0 Å². The van der Waals surface area contributed by atoms with Gasteiger partial charge in [-0.1, -0.05) is 54.6 Å². The smallest absolute Gasteiger partial charge is 0.339 e. The lowest BCUT2D eigenvalue weighted by Gasteiger charge is -2.12. The van der Waals surface area contributed by atoms with Crippen molar-refractivity contribution in [2.75, 3.05) is 0 Å². The second-order valence-electron chi connectivity index (χ2n) is 8.33. The van der Waals surface area contributed by atoms with Gasteiger partial charge in [0.25, 0.3) is 0 Å². The molecule has 5 rings (SSSR count). The first-order valence-corrected chi connectivity index (χ1v) is 14.7. The van der Waals surface area contributed by atoms with Crippen molar-refractivity contribution in [3.8, 4) is 34.5 Å². The molecule has 0 aliphatic rings. The summed E-state index contributed by atoms with van der Waals surface area (Å²) in [5.41, 5.74) is 0. The lowest BCUT2D eigenvalue weighted by atomic mass is 10.3. The topological polar surface area (TPSA) is 105 Å². The molecule has 0 aliphatic heterocycles. The molecule has 202 valence electrons. The summed E-state index contributed by atoms with van der Waals surface area (Å²) in [4.78, 5) is -0.736. The minimum Gasteiger partial charge on any atom is -0.457 e.